The summed E-state index contributed by atoms with van der Waals surface area (Å²) in [4.78, 5) is 0. The number of hydrogen-bond donors (Lipinski definition) is 2. The topological polar surface area (TPSA) is 40.5 Å². The van der Waals surface area contributed by atoms with Crippen LogP contribution in [0.1, 0.15) is 53.4 Å². The second kappa shape index (κ2) is 17.9. The van der Waals surface area contributed by atoms with Crippen LogP contribution in [0.5, 0.6) is 0 Å². The van der Waals surface area contributed by atoms with Crippen molar-refractivity contribution in [2.45, 2.75) is 59.5 Å². The lowest BCUT2D eigenvalue weighted by atomic mass is 10.1. The Morgan fingerprint density at radius 3 is 1.60 bits per heavy atom. The maximum Gasteiger partial charge on any atom is 0.0540 e. The summed E-state index contributed by atoms with van der Waals surface area (Å²) in [5.74, 6) is 0. The molecule has 0 aromatic carbocycles. The highest BCUT2D eigenvalue weighted by Crippen LogP contribution is 2.05. The van der Waals surface area contributed by atoms with Crippen molar-refractivity contribution in [2.75, 3.05) is 7.11 Å². The SMILES string of the molecule is C=C(C)/C=C\C(=C)C(=C)C.CCCC(O)CCC.CO. The molecule has 0 bridgehead atoms. The minimum Gasteiger partial charge on any atom is -0.400 e. The van der Waals surface area contributed by atoms with Gasteiger partial charge in [0.1, 0.15) is 0 Å². The normalized spacial score (nSPS) is 9.40. The fourth-order valence-electron chi connectivity index (χ4n) is 1.20. The van der Waals surface area contributed by atoms with Crippen molar-refractivity contribution in [1.82, 2.24) is 0 Å². The molecule has 0 rings (SSSR count). The highest BCUT2D eigenvalue weighted by Gasteiger charge is 1.97. The minimum absolute atomic E-state index is 0.0370. The van der Waals surface area contributed by atoms with Crippen molar-refractivity contribution < 1.29 is 10.2 Å². The van der Waals surface area contributed by atoms with Crippen LogP contribution in [-0.2, 0) is 0 Å². The first-order valence-corrected chi connectivity index (χ1v) is 7.16. The number of aliphatic hydroxyl groups excluding tert-OH is 2. The smallest absolute Gasteiger partial charge is 0.0540 e. The van der Waals surface area contributed by atoms with Gasteiger partial charge in [0.05, 0.1) is 6.10 Å². The summed E-state index contributed by atoms with van der Waals surface area (Å²) in [5.41, 5.74) is 2.99. The molecule has 2 N–H and O–H groups in total. The molecule has 0 aromatic rings. The van der Waals surface area contributed by atoms with E-state index < -0.39 is 0 Å². The van der Waals surface area contributed by atoms with E-state index in [9.17, 15) is 0 Å². The quantitative estimate of drug-likeness (QED) is 0.658. The van der Waals surface area contributed by atoms with E-state index in [1.807, 2.05) is 26.0 Å². The molecule has 0 heterocycles. The molecule has 0 amide bonds. The van der Waals surface area contributed by atoms with Gasteiger partial charge in [0.2, 0.25) is 0 Å². The number of hydrogen-bond acceptors (Lipinski definition) is 2. The highest BCUT2D eigenvalue weighted by molar-refractivity contribution is 5.36. The molecule has 0 aliphatic rings. The Morgan fingerprint density at radius 1 is 0.950 bits per heavy atom. The molecule has 0 atom stereocenters. The summed E-state index contributed by atoms with van der Waals surface area (Å²) in [6.07, 6.45) is 7.94. The maximum absolute atomic E-state index is 9.05. The third-order valence-corrected chi connectivity index (χ3v) is 2.36. The molecule has 0 aromatic heterocycles. The molecule has 0 aliphatic carbocycles. The van der Waals surface area contributed by atoms with Crippen LogP contribution in [0, 0.1) is 0 Å². The van der Waals surface area contributed by atoms with Crippen LogP contribution in [0.3, 0.4) is 0 Å². The van der Waals surface area contributed by atoms with Gasteiger partial charge in [-0.05, 0) is 32.3 Å². The van der Waals surface area contributed by atoms with Crippen molar-refractivity contribution in [3.63, 3.8) is 0 Å². The van der Waals surface area contributed by atoms with Gasteiger partial charge in [0, 0.05) is 7.11 Å². The lowest BCUT2D eigenvalue weighted by Gasteiger charge is -2.04. The molecule has 0 unspecified atom stereocenters. The fourth-order valence-corrected chi connectivity index (χ4v) is 1.20. The number of rotatable bonds is 7. The van der Waals surface area contributed by atoms with Gasteiger partial charge in [-0.1, -0.05) is 69.7 Å². The molecular weight excluding hydrogens is 248 g/mol. The molecule has 0 fully saturated rings. The molecule has 0 spiro atoms. The number of allylic oxidation sites excluding steroid dienone is 5. The van der Waals surface area contributed by atoms with E-state index in [1.165, 1.54) is 0 Å². The van der Waals surface area contributed by atoms with E-state index in [2.05, 4.69) is 33.6 Å². The number of aliphatic hydroxyl groups is 2. The first-order chi connectivity index (χ1) is 9.34. The van der Waals surface area contributed by atoms with Crippen molar-refractivity contribution in [3.05, 3.63) is 48.6 Å². The van der Waals surface area contributed by atoms with Gasteiger partial charge in [0.25, 0.3) is 0 Å². The third kappa shape index (κ3) is 22.1. The van der Waals surface area contributed by atoms with Crippen LogP contribution >= 0.6 is 0 Å². The molecule has 118 valence electrons. The summed E-state index contributed by atoms with van der Waals surface area (Å²) in [5, 5.41) is 16.0. The van der Waals surface area contributed by atoms with Crippen LogP contribution in [0.2, 0.25) is 0 Å². The Labute approximate surface area is 126 Å². The molecule has 0 saturated carbocycles. The van der Waals surface area contributed by atoms with Gasteiger partial charge in [-0.25, -0.2) is 0 Å². The Kier molecular flexibility index (Phi) is 21.4. The van der Waals surface area contributed by atoms with Crippen LogP contribution in [0.4, 0.5) is 0 Å². The zero-order valence-corrected chi connectivity index (χ0v) is 14.1. The van der Waals surface area contributed by atoms with Crippen molar-refractivity contribution in [3.8, 4) is 0 Å². The average Bonchev–Trinajstić information content (AvgIpc) is 2.39. The Hall–Kier alpha value is -1.12. The Bertz CT molecular complexity index is 282. The van der Waals surface area contributed by atoms with E-state index >= 15 is 0 Å². The maximum atomic E-state index is 9.05. The molecule has 0 aliphatic heterocycles. The van der Waals surface area contributed by atoms with Gasteiger partial charge in [-0.15, -0.1) is 0 Å². The van der Waals surface area contributed by atoms with E-state index in [0.717, 1.165) is 49.5 Å². The lowest BCUT2D eigenvalue weighted by molar-refractivity contribution is 0.153. The van der Waals surface area contributed by atoms with Crippen molar-refractivity contribution in [1.29, 1.82) is 0 Å². The Morgan fingerprint density at radius 2 is 1.35 bits per heavy atom. The van der Waals surface area contributed by atoms with Crippen LogP contribution in [0.15, 0.2) is 48.6 Å². The van der Waals surface area contributed by atoms with Gasteiger partial charge >= 0.3 is 0 Å². The molecule has 2 nitrogen and oxygen atoms in total. The summed E-state index contributed by atoms with van der Waals surface area (Å²) >= 11 is 0. The zero-order chi connectivity index (χ0) is 16.6. The second-order valence-corrected chi connectivity index (χ2v) is 4.72. The molecule has 0 radical (unpaired) electrons. The highest BCUT2D eigenvalue weighted by atomic mass is 16.3. The summed E-state index contributed by atoms with van der Waals surface area (Å²) in [6, 6.07) is 0. The largest absolute Gasteiger partial charge is 0.400 e. The monoisotopic (exact) mass is 282 g/mol. The standard InChI is InChI=1S/C10H14.C7H16O.CH4O/c1-8(2)6-7-10(5)9(3)4;1-3-5-7(8)6-4-2;1-2/h6-7H,1,3,5H2,2,4H3;7-8H,3-6H2,1-2H3;2H,1H3/b7-6-;;. The van der Waals surface area contributed by atoms with Gasteiger partial charge in [-0.2, -0.15) is 0 Å². The Balaban J connectivity index is -0.000000262. The van der Waals surface area contributed by atoms with E-state index in [4.69, 9.17) is 10.2 Å². The summed E-state index contributed by atoms with van der Waals surface area (Å²) in [7, 11) is 1.00. The van der Waals surface area contributed by atoms with Crippen LogP contribution in [0.25, 0.3) is 0 Å². The van der Waals surface area contributed by atoms with Crippen LogP contribution in [-0.4, -0.2) is 23.4 Å². The third-order valence-electron chi connectivity index (χ3n) is 2.36. The van der Waals surface area contributed by atoms with Gasteiger partial charge < -0.3 is 10.2 Å². The van der Waals surface area contributed by atoms with Crippen molar-refractivity contribution in [2.24, 2.45) is 0 Å². The van der Waals surface area contributed by atoms with E-state index in [-0.39, 0.29) is 6.10 Å². The molecular formula is C18H34O2. The van der Waals surface area contributed by atoms with E-state index in [1.54, 1.807) is 0 Å². The zero-order valence-electron chi connectivity index (χ0n) is 14.1. The lowest BCUT2D eigenvalue weighted by Crippen LogP contribution is -2.03. The fraction of sp³-hybridized carbons (Fsp3) is 0.556. The molecule has 2 heteroatoms. The van der Waals surface area contributed by atoms with Crippen LogP contribution < -0.4 is 0 Å². The molecule has 0 saturated heterocycles. The first-order valence-electron chi connectivity index (χ1n) is 7.16. The first kappa shape index (κ1) is 23.9. The second-order valence-electron chi connectivity index (χ2n) is 4.72. The minimum atomic E-state index is -0.0370. The average molecular weight is 282 g/mol. The predicted octanol–water partition coefficient (Wildman–Crippen LogP) is 4.81. The summed E-state index contributed by atoms with van der Waals surface area (Å²) in [6.45, 7) is 19.4. The predicted molar refractivity (Wildman–Crippen MR) is 91.9 cm³/mol. The molecule has 20 heavy (non-hydrogen) atoms. The van der Waals surface area contributed by atoms with Gasteiger partial charge in [-0.3, -0.25) is 0 Å². The summed E-state index contributed by atoms with van der Waals surface area (Å²) < 4.78 is 0. The van der Waals surface area contributed by atoms with Gasteiger partial charge in [0.15, 0.2) is 0 Å². The van der Waals surface area contributed by atoms with Crippen molar-refractivity contribution >= 4 is 0 Å². The van der Waals surface area contributed by atoms with E-state index in [0.29, 0.717) is 0 Å².